The highest BCUT2D eigenvalue weighted by molar-refractivity contribution is 5.95. The number of nitrogens with one attached hydrogen (secondary N) is 1. The number of carbonyl (C=O) groups is 1. The topological polar surface area (TPSA) is 99.6 Å². The molecule has 0 unspecified atom stereocenters. The Hall–Kier alpha value is -4.07. The van der Waals surface area contributed by atoms with Crippen LogP contribution in [0.15, 0.2) is 75.9 Å². The van der Waals surface area contributed by atoms with Crippen LogP contribution in [0.5, 0.6) is 5.75 Å². The van der Waals surface area contributed by atoms with Crippen LogP contribution >= 0.6 is 0 Å². The summed E-state index contributed by atoms with van der Waals surface area (Å²) in [4.78, 5) is 16.8. The molecule has 2 aromatic heterocycles. The molecule has 0 saturated carbocycles. The second kappa shape index (κ2) is 8.95. The zero-order valence-electron chi connectivity index (χ0n) is 16.2. The van der Waals surface area contributed by atoms with Crippen molar-refractivity contribution in [3.63, 3.8) is 0 Å². The van der Waals surface area contributed by atoms with Crippen LogP contribution in [0, 0.1) is 0 Å². The van der Waals surface area contributed by atoms with Gasteiger partial charge in [-0.25, -0.2) is 4.79 Å². The Labute approximate surface area is 172 Å². The van der Waals surface area contributed by atoms with Gasteiger partial charge in [-0.1, -0.05) is 29.4 Å². The van der Waals surface area contributed by atoms with E-state index in [0.717, 1.165) is 11.3 Å². The minimum absolute atomic E-state index is 0.137. The van der Waals surface area contributed by atoms with Gasteiger partial charge in [0, 0.05) is 11.3 Å². The summed E-state index contributed by atoms with van der Waals surface area (Å²) < 4.78 is 21.1. The first-order valence-corrected chi connectivity index (χ1v) is 9.22. The first kappa shape index (κ1) is 19.3. The Morgan fingerprint density at radius 3 is 2.83 bits per heavy atom. The Bertz CT molecular complexity index is 1120. The lowest BCUT2D eigenvalue weighted by Gasteiger charge is -2.10. The van der Waals surface area contributed by atoms with Crippen molar-refractivity contribution >= 4 is 11.7 Å². The summed E-state index contributed by atoms with van der Waals surface area (Å²) >= 11 is 0. The molecular formula is C22H19N3O5. The number of hydrogen-bond donors (Lipinski definition) is 1. The number of aromatic nitrogens is 2. The maximum Gasteiger partial charge on any atom is 0.340 e. The van der Waals surface area contributed by atoms with Crippen LogP contribution in [-0.2, 0) is 17.9 Å². The molecular weight excluding hydrogens is 386 g/mol. The highest BCUT2D eigenvalue weighted by atomic mass is 16.6. The summed E-state index contributed by atoms with van der Waals surface area (Å²) in [5.74, 6) is 1.53. The van der Waals surface area contributed by atoms with Gasteiger partial charge in [-0.05, 0) is 36.4 Å². The van der Waals surface area contributed by atoms with Crippen LogP contribution in [0.4, 0.5) is 5.69 Å². The number of hydrogen-bond acceptors (Lipinski definition) is 8. The molecule has 1 N–H and O–H groups in total. The second-order valence-electron chi connectivity index (χ2n) is 6.30. The number of ether oxygens (including phenoxy) is 2. The molecule has 0 radical (unpaired) electrons. The number of para-hydroxylation sites is 1. The highest BCUT2D eigenvalue weighted by Gasteiger charge is 2.16. The Morgan fingerprint density at radius 2 is 2.00 bits per heavy atom. The molecule has 0 saturated heterocycles. The van der Waals surface area contributed by atoms with Gasteiger partial charge >= 0.3 is 5.97 Å². The molecule has 2 aromatic carbocycles. The van der Waals surface area contributed by atoms with Crippen LogP contribution in [0.1, 0.15) is 22.0 Å². The zero-order chi connectivity index (χ0) is 20.8. The summed E-state index contributed by atoms with van der Waals surface area (Å²) in [5.41, 5.74) is 1.78. The lowest BCUT2D eigenvalue weighted by molar-refractivity contribution is 0.0431. The third kappa shape index (κ3) is 4.49. The van der Waals surface area contributed by atoms with Crippen LogP contribution in [0.3, 0.4) is 0 Å². The molecule has 0 aliphatic carbocycles. The smallest absolute Gasteiger partial charge is 0.340 e. The van der Waals surface area contributed by atoms with E-state index in [4.69, 9.17) is 18.4 Å². The van der Waals surface area contributed by atoms with E-state index in [0.29, 0.717) is 29.4 Å². The molecule has 0 fully saturated rings. The predicted octanol–water partition coefficient (Wildman–Crippen LogP) is 4.31. The maximum absolute atomic E-state index is 12.6. The number of methoxy groups -OCH3 is 1. The fourth-order valence-corrected chi connectivity index (χ4v) is 2.81. The van der Waals surface area contributed by atoms with Crippen molar-refractivity contribution in [1.29, 1.82) is 0 Å². The van der Waals surface area contributed by atoms with E-state index in [-0.39, 0.29) is 12.5 Å². The van der Waals surface area contributed by atoms with Gasteiger partial charge in [0.25, 0.3) is 5.89 Å². The second-order valence-corrected chi connectivity index (χ2v) is 6.30. The van der Waals surface area contributed by atoms with Crippen molar-refractivity contribution in [3.05, 3.63) is 84.1 Å². The highest BCUT2D eigenvalue weighted by Crippen LogP contribution is 2.22. The molecule has 2 heterocycles. The summed E-state index contributed by atoms with van der Waals surface area (Å²) in [6.45, 7) is 0.313. The monoisotopic (exact) mass is 405 g/mol. The number of furan rings is 1. The van der Waals surface area contributed by atoms with E-state index in [1.54, 1.807) is 43.7 Å². The van der Waals surface area contributed by atoms with Crippen molar-refractivity contribution in [1.82, 2.24) is 10.1 Å². The third-order valence-corrected chi connectivity index (χ3v) is 4.30. The lowest BCUT2D eigenvalue weighted by atomic mass is 10.2. The Kier molecular flexibility index (Phi) is 5.75. The summed E-state index contributed by atoms with van der Waals surface area (Å²) in [7, 11) is 1.58. The minimum atomic E-state index is -0.501. The van der Waals surface area contributed by atoms with E-state index in [9.17, 15) is 4.79 Å². The van der Waals surface area contributed by atoms with Crippen molar-refractivity contribution in [3.8, 4) is 17.1 Å². The molecule has 8 nitrogen and oxygen atoms in total. The fraction of sp³-hybridized carbons (Fsp3) is 0.136. The van der Waals surface area contributed by atoms with Gasteiger partial charge in [-0.3, -0.25) is 0 Å². The molecule has 4 rings (SSSR count). The van der Waals surface area contributed by atoms with E-state index < -0.39 is 5.97 Å². The van der Waals surface area contributed by atoms with Crippen LogP contribution in [0.2, 0.25) is 0 Å². The number of benzene rings is 2. The number of anilines is 1. The average Bonchev–Trinajstić information content (AvgIpc) is 3.48. The standard InChI is InChI=1S/C22H19N3O5/c1-27-16-7-4-6-15(12-16)21-24-20(30-25-21)14-29-22(26)18-9-2-3-10-19(18)23-13-17-8-5-11-28-17/h2-12,23H,13-14H2,1H3. The largest absolute Gasteiger partial charge is 0.497 e. The SMILES string of the molecule is COc1cccc(-c2noc(COC(=O)c3ccccc3NCc3ccco3)n2)c1. The Morgan fingerprint density at radius 1 is 1.10 bits per heavy atom. The van der Waals surface area contributed by atoms with Gasteiger partial charge in [0.1, 0.15) is 11.5 Å². The molecule has 0 bridgehead atoms. The predicted molar refractivity (Wildman–Crippen MR) is 108 cm³/mol. The quantitative estimate of drug-likeness (QED) is 0.433. The average molecular weight is 405 g/mol. The van der Waals surface area contributed by atoms with Gasteiger partial charge in [0.15, 0.2) is 6.61 Å². The molecule has 8 heteroatoms. The number of nitrogens with zero attached hydrogens (tertiary/aromatic N) is 2. The Balaban J connectivity index is 1.40. The van der Waals surface area contributed by atoms with Gasteiger partial charge < -0.3 is 23.7 Å². The van der Waals surface area contributed by atoms with Crippen molar-refractivity contribution in [2.45, 2.75) is 13.2 Å². The molecule has 0 atom stereocenters. The fourth-order valence-electron chi connectivity index (χ4n) is 2.81. The van der Waals surface area contributed by atoms with Crippen LogP contribution in [-0.4, -0.2) is 23.2 Å². The number of esters is 1. The molecule has 0 aliphatic rings. The van der Waals surface area contributed by atoms with E-state index in [1.807, 2.05) is 30.3 Å². The number of carbonyl (C=O) groups excluding carboxylic acids is 1. The summed E-state index contributed by atoms with van der Waals surface area (Å²) in [5, 5.41) is 7.11. The maximum atomic E-state index is 12.6. The van der Waals surface area contributed by atoms with Gasteiger partial charge in [0.2, 0.25) is 5.82 Å². The molecule has 0 amide bonds. The van der Waals surface area contributed by atoms with E-state index in [1.165, 1.54) is 0 Å². The van der Waals surface area contributed by atoms with Gasteiger partial charge in [0.05, 0.1) is 25.5 Å². The first-order chi connectivity index (χ1) is 14.7. The normalized spacial score (nSPS) is 10.6. The van der Waals surface area contributed by atoms with E-state index >= 15 is 0 Å². The van der Waals surface area contributed by atoms with Gasteiger partial charge in [-0.2, -0.15) is 4.98 Å². The van der Waals surface area contributed by atoms with Crippen molar-refractivity contribution in [2.24, 2.45) is 0 Å². The van der Waals surface area contributed by atoms with Crippen LogP contribution < -0.4 is 10.1 Å². The number of rotatable bonds is 8. The van der Waals surface area contributed by atoms with Crippen molar-refractivity contribution in [2.75, 3.05) is 12.4 Å². The van der Waals surface area contributed by atoms with Crippen LogP contribution in [0.25, 0.3) is 11.4 Å². The first-order valence-electron chi connectivity index (χ1n) is 9.22. The molecule has 4 aromatic rings. The zero-order valence-corrected chi connectivity index (χ0v) is 16.2. The molecule has 152 valence electrons. The molecule has 0 aliphatic heterocycles. The summed E-state index contributed by atoms with van der Waals surface area (Å²) in [6.07, 6.45) is 1.60. The van der Waals surface area contributed by atoms with Gasteiger partial charge in [-0.15, -0.1) is 0 Å². The lowest BCUT2D eigenvalue weighted by Crippen LogP contribution is -2.10. The molecule has 30 heavy (non-hydrogen) atoms. The molecule has 0 spiro atoms. The minimum Gasteiger partial charge on any atom is -0.497 e. The summed E-state index contributed by atoms with van der Waals surface area (Å²) in [6, 6.07) is 18.0. The van der Waals surface area contributed by atoms with E-state index in [2.05, 4.69) is 15.5 Å². The third-order valence-electron chi connectivity index (χ3n) is 4.30. The van der Waals surface area contributed by atoms with Crippen molar-refractivity contribution < 1.29 is 23.2 Å².